The number of aromatic hydroxyl groups is 1. The van der Waals surface area contributed by atoms with E-state index in [4.69, 9.17) is 9.47 Å². The number of carbonyl (C=O) groups is 3. The minimum atomic E-state index is -0.842. The van der Waals surface area contributed by atoms with Gasteiger partial charge in [-0.05, 0) is 87.4 Å². The lowest BCUT2D eigenvalue weighted by Gasteiger charge is -2.13. The summed E-state index contributed by atoms with van der Waals surface area (Å²) < 4.78 is 10.8. The summed E-state index contributed by atoms with van der Waals surface area (Å²) >= 11 is 1.31. The standard InChI is InChI=1S/C26H27N3O6S/c1-5-34-26(33)22-15(2)17(4)36-25(22)28-24(32)19-8-12-21(13-9-19)35-16(3)23(31)29-27-14-18-6-10-20(30)11-7-18/h6-14,16,30H,5H2,1-4H3,(H,28,32)(H,29,31)/b27-14-/t16-/m0/s1. The second-order valence-electron chi connectivity index (χ2n) is 7.77. The van der Waals surface area contributed by atoms with Crippen LogP contribution in [0.3, 0.4) is 0 Å². The van der Waals surface area contributed by atoms with E-state index in [1.54, 1.807) is 50.2 Å². The largest absolute Gasteiger partial charge is 0.508 e. The smallest absolute Gasteiger partial charge is 0.341 e. The Balaban J connectivity index is 1.58. The van der Waals surface area contributed by atoms with E-state index >= 15 is 0 Å². The number of thiophene rings is 1. The summed E-state index contributed by atoms with van der Waals surface area (Å²) in [5.41, 5.74) is 4.60. The highest BCUT2D eigenvalue weighted by Crippen LogP contribution is 2.33. The van der Waals surface area contributed by atoms with Crippen molar-refractivity contribution in [3.05, 3.63) is 75.7 Å². The fourth-order valence-electron chi connectivity index (χ4n) is 3.10. The fourth-order valence-corrected chi connectivity index (χ4v) is 4.15. The number of nitrogens with zero attached hydrogens (tertiary/aromatic N) is 1. The number of ether oxygens (including phenoxy) is 2. The normalized spacial score (nSPS) is 11.7. The summed E-state index contributed by atoms with van der Waals surface area (Å²) in [4.78, 5) is 38.3. The van der Waals surface area contributed by atoms with Crippen LogP contribution in [0.25, 0.3) is 0 Å². The first-order valence-electron chi connectivity index (χ1n) is 11.2. The van der Waals surface area contributed by atoms with E-state index in [1.807, 2.05) is 13.8 Å². The van der Waals surface area contributed by atoms with Gasteiger partial charge in [0.25, 0.3) is 11.8 Å². The van der Waals surface area contributed by atoms with Gasteiger partial charge in [0.05, 0.1) is 18.4 Å². The lowest BCUT2D eigenvalue weighted by Crippen LogP contribution is -2.33. The highest BCUT2D eigenvalue weighted by molar-refractivity contribution is 7.16. The Morgan fingerprint density at radius 3 is 2.39 bits per heavy atom. The van der Waals surface area contributed by atoms with Crippen molar-refractivity contribution in [1.82, 2.24) is 5.43 Å². The molecule has 36 heavy (non-hydrogen) atoms. The van der Waals surface area contributed by atoms with Crippen LogP contribution in [0.2, 0.25) is 0 Å². The molecule has 0 saturated heterocycles. The van der Waals surface area contributed by atoms with E-state index in [9.17, 15) is 19.5 Å². The molecule has 3 N–H and O–H groups in total. The number of amides is 2. The number of anilines is 1. The summed E-state index contributed by atoms with van der Waals surface area (Å²) in [5, 5.41) is 16.4. The van der Waals surface area contributed by atoms with Gasteiger partial charge in [0.1, 0.15) is 16.5 Å². The van der Waals surface area contributed by atoms with Crippen molar-refractivity contribution < 1.29 is 29.0 Å². The SMILES string of the molecule is CCOC(=O)c1c(NC(=O)c2ccc(O[C@@H](C)C(=O)N/N=C\c3ccc(O)cc3)cc2)sc(C)c1C. The van der Waals surface area contributed by atoms with Crippen LogP contribution in [0.15, 0.2) is 53.6 Å². The van der Waals surface area contributed by atoms with E-state index in [-0.39, 0.29) is 18.3 Å². The second kappa shape index (κ2) is 12.0. The van der Waals surface area contributed by atoms with Gasteiger partial charge in [0.15, 0.2) is 6.10 Å². The van der Waals surface area contributed by atoms with Gasteiger partial charge in [0, 0.05) is 10.4 Å². The van der Waals surface area contributed by atoms with Crippen LogP contribution in [0, 0.1) is 13.8 Å². The minimum absolute atomic E-state index is 0.139. The van der Waals surface area contributed by atoms with E-state index < -0.39 is 18.0 Å². The van der Waals surface area contributed by atoms with E-state index in [0.717, 1.165) is 10.4 Å². The van der Waals surface area contributed by atoms with E-state index in [1.165, 1.54) is 29.7 Å². The maximum Gasteiger partial charge on any atom is 0.341 e. The van der Waals surface area contributed by atoms with Crippen LogP contribution in [0.5, 0.6) is 11.5 Å². The monoisotopic (exact) mass is 509 g/mol. The van der Waals surface area contributed by atoms with Crippen molar-refractivity contribution in [1.29, 1.82) is 0 Å². The minimum Gasteiger partial charge on any atom is -0.508 e. The predicted molar refractivity (Wildman–Crippen MR) is 138 cm³/mol. The number of rotatable bonds is 9. The van der Waals surface area contributed by atoms with Gasteiger partial charge in [0.2, 0.25) is 0 Å². The Kier molecular flexibility index (Phi) is 8.80. The number of carbonyl (C=O) groups excluding carboxylic acids is 3. The average molecular weight is 510 g/mol. The molecule has 0 aliphatic heterocycles. The van der Waals surface area contributed by atoms with Gasteiger partial charge in [-0.1, -0.05) is 0 Å². The molecule has 188 valence electrons. The zero-order chi connectivity index (χ0) is 26.2. The van der Waals surface area contributed by atoms with Crippen LogP contribution in [0.4, 0.5) is 5.00 Å². The van der Waals surface area contributed by atoms with Crippen molar-refractivity contribution in [3.8, 4) is 11.5 Å². The molecule has 3 aromatic rings. The molecular formula is C26H27N3O6S. The van der Waals surface area contributed by atoms with Crippen molar-refractivity contribution in [2.75, 3.05) is 11.9 Å². The van der Waals surface area contributed by atoms with Gasteiger partial charge < -0.3 is 19.9 Å². The summed E-state index contributed by atoms with van der Waals surface area (Å²) in [6.45, 7) is 7.23. The molecule has 3 rings (SSSR count). The quantitative estimate of drug-likeness (QED) is 0.223. The van der Waals surface area contributed by atoms with Gasteiger partial charge in [-0.15, -0.1) is 11.3 Å². The number of hydrogen-bond donors (Lipinski definition) is 3. The molecule has 0 bridgehead atoms. The summed E-state index contributed by atoms with van der Waals surface area (Å²) in [6, 6.07) is 12.6. The van der Waals surface area contributed by atoms with Crippen LogP contribution in [0.1, 0.15) is 50.6 Å². The van der Waals surface area contributed by atoms with Crippen molar-refractivity contribution in [3.63, 3.8) is 0 Å². The third kappa shape index (κ3) is 6.70. The molecule has 1 heterocycles. The zero-order valence-corrected chi connectivity index (χ0v) is 21.1. The first-order valence-corrected chi connectivity index (χ1v) is 12.0. The molecule has 0 saturated carbocycles. The first-order chi connectivity index (χ1) is 17.2. The number of phenols is 1. The average Bonchev–Trinajstić information content (AvgIpc) is 3.13. The summed E-state index contributed by atoms with van der Waals surface area (Å²) in [5.74, 6) is -0.783. The molecule has 2 aromatic carbocycles. The second-order valence-corrected chi connectivity index (χ2v) is 9.00. The molecule has 0 aliphatic carbocycles. The molecule has 0 spiro atoms. The molecule has 0 unspecified atom stereocenters. The van der Waals surface area contributed by atoms with Gasteiger partial charge in [-0.3, -0.25) is 9.59 Å². The Hall–Kier alpha value is -4.18. The topological polar surface area (TPSA) is 126 Å². The van der Waals surface area contributed by atoms with E-state index in [0.29, 0.717) is 27.4 Å². The molecule has 10 heteroatoms. The van der Waals surface area contributed by atoms with Crippen molar-refractivity contribution in [2.45, 2.75) is 33.8 Å². The van der Waals surface area contributed by atoms with Gasteiger partial charge in [-0.25, -0.2) is 10.2 Å². The number of benzene rings is 2. The summed E-state index contributed by atoms with van der Waals surface area (Å²) in [6.07, 6.45) is 0.604. The number of phenolic OH excluding ortho intramolecular Hbond substituents is 1. The molecule has 9 nitrogen and oxygen atoms in total. The Bertz CT molecular complexity index is 1270. The number of nitrogens with one attached hydrogen (secondary N) is 2. The molecule has 2 amide bonds. The number of esters is 1. The Morgan fingerprint density at radius 2 is 1.75 bits per heavy atom. The highest BCUT2D eigenvalue weighted by atomic mass is 32.1. The van der Waals surface area contributed by atoms with E-state index in [2.05, 4.69) is 15.8 Å². The lowest BCUT2D eigenvalue weighted by molar-refractivity contribution is -0.127. The molecule has 0 fully saturated rings. The fraction of sp³-hybridized carbons (Fsp3) is 0.231. The van der Waals surface area contributed by atoms with Crippen LogP contribution >= 0.6 is 11.3 Å². The van der Waals surface area contributed by atoms with Crippen molar-refractivity contribution in [2.24, 2.45) is 5.10 Å². The van der Waals surface area contributed by atoms with Crippen LogP contribution in [-0.2, 0) is 9.53 Å². The van der Waals surface area contributed by atoms with Crippen LogP contribution < -0.4 is 15.5 Å². The number of hydrogen-bond acceptors (Lipinski definition) is 8. The molecular weight excluding hydrogens is 482 g/mol. The number of aryl methyl sites for hydroxylation is 1. The molecule has 1 atom stereocenters. The maximum atomic E-state index is 12.8. The summed E-state index contributed by atoms with van der Waals surface area (Å²) in [7, 11) is 0. The Morgan fingerprint density at radius 1 is 1.08 bits per heavy atom. The van der Waals surface area contributed by atoms with Crippen molar-refractivity contribution >= 4 is 40.3 Å². The molecule has 1 aromatic heterocycles. The zero-order valence-electron chi connectivity index (χ0n) is 20.3. The third-order valence-electron chi connectivity index (χ3n) is 5.17. The predicted octanol–water partition coefficient (Wildman–Crippen LogP) is 4.42. The molecule has 0 aliphatic rings. The molecule has 0 radical (unpaired) electrons. The Labute approximate surface area is 212 Å². The van der Waals surface area contributed by atoms with Gasteiger partial charge in [-0.2, -0.15) is 5.10 Å². The third-order valence-corrected chi connectivity index (χ3v) is 6.29. The maximum absolute atomic E-state index is 12.8. The van der Waals surface area contributed by atoms with Gasteiger partial charge >= 0.3 is 5.97 Å². The number of hydrazone groups is 1. The highest BCUT2D eigenvalue weighted by Gasteiger charge is 2.22. The lowest BCUT2D eigenvalue weighted by atomic mass is 10.1. The first kappa shape index (κ1) is 26.4. The van der Waals surface area contributed by atoms with Crippen LogP contribution in [-0.4, -0.2) is 41.8 Å².